The predicted molar refractivity (Wildman–Crippen MR) is 103 cm³/mol. The van der Waals surface area contributed by atoms with Gasteiger partial charge in [-0.1, -0.05) is 35.0 Å². The highest BCUT2D eigenvalue weighted by molar-refractivity contribution is 5.78. The number of likely N-dealkylation sites (N-methyl/N-ethyl adjacent to an activating group) is 1. The summed E-state index contributed by atoms with van der Waals surface area (Å²) < 4.78 is 10.5. The summed E-state index contributed by atoms with van der Waals surface area (Å²) in [6.45, 7) is 2.54. The fourth-order valence-corrected chi connectivity index (χ4v) is 2.74. The number of methoxy groups -OCH3 is 1. The van der Waals surface area contributed by atoms with Gasteiger partial charge in [-0.05, 0) is 36.8 Å². The minimum Gasteiger partial charge on any atom is -0.497 e. The Morgan fingerprint density at radius 1 is 1.19 bits per heavy atom. The molecule has 0 atom stereocenters. The topological polar surface area (TPSA) is 68.5 Å². The highest BCUT2D eigenvalue weighted by Crippen LogP contribution is 2.18. The Morgan fingerprint density at radius 2 is 2.00 bits per heavy atom. The van der Waals surface area contributed by atoms with Gasteiger partial charge in [-0.15, -0.1) is 0 Å². The van der Waals surface area contributed by atoms with E-state index in [4.69, 9.17) is 9.26 Å². The molecule has 0 unspecified atom stereocenters. The SMILES string of the molecule is COc1cccc(CC(=O)N(C)CCc2noc(-c3cccc(C)c3)n2)c1. The van der Waals surface area contributed by atoms with Crippen molar-refractivity contribution in [3.05, 3.63) is 65.5 Å². The number of aromatic nitrogens is 2. The molecular formula is C21H23N3O3. The molecule has 0 aliphatic heterocycles. The first-order chi connectivity index (χ1) is 13.0. The summed E-state index contributed by atoms with van der Waals surface area (Å²) in [6.07, 6.45) is 0.865. The van der Waals surface area contributed by atoms with Crippen LogP contribution >= 0.6 is 0 Å². The molecular weight excluding hydrogens is 342 g/mol. The van der Waals surface area contributed by atoms with Gasteiger partial charge in [0.15, 0.2) is 5.82 Å². The van der Waals surface area contributed by atoms with Crippen molar-refractivity contribution in [2.45, 2.75) is 19.8 Å². The minimum atomic E-state index is 0.0330. The van der Waals surface area contributed by atoms with Crippen LogP contribution in [0, 0.1) is 6.92 Å². The molecule has 0 N–H and O–H groups in total. The second-order valence-corrected chi connectivity index (χ2v) is 6.48. The van der Waals surface area contributed by atoms with Gasteiger partial charge in [0, 0.05) is 25.6 Å². The van der Waals surface area contributed by atoms with Crippen molar-refractivity contribution >= 4 is 5.91 Å². The minimum absolute atomic E-state index is 0.0330. The molecule has 6 nitrogen and oxygen atoms in total. The van der Waals surface area contributed by atoms with Gasteiger partial charge in [-0.3, -0.25) is 4.79 Å². The molecule has 27 heavy (non-hydrogen) atoms. The molecule has 0 radical (unpaired) electrons. The highest BCUT2D eigenvalue weighted by atomic mass is 16.5. The third-order valence-electron chi connectivity index (χ3n) is 4.32. The third kappa shape index (κ3) is 4.94. The molecule has 1 amide bonds. The lowest BCUT2D eigenvalue weighted by atomic mass is 10.1. The predicted octanol–water partition coefficient (Wildman–Crippen LogP) is 3.30. The molecule has 6 heteroatoms. The molecule has 0 spiro atoms. The summed E-state index contributed by atoms with van der Waals surface area (Å²) in [5.41, 5.74) is 2.96. The lowest BCUT2D eigenvalue weighted by Crippen LogP contribution is -2.30. The standard InChI is InChI=1S/C21H23N3O3/c1-15-6-4-8-17(12-15)21-22-19(23-27-21)10-11-24(2)20(25)14-16-7-5-9-18(13-16)26-3/h4-9,12-13H,10-11,14H2,1-3H3. The van der Waals surface area contributed by atoms with Crippen LogP contribution in [0.1, 0.15) is 17.0 Å². The van der Waals surface area contributed by atoms with Crippen LogP contribution in [0.5, 0.6) is 5.75 Å². The van der Waals surface area contributed by atoms with Crippen molar-refractivity contribution < 1.29 is 14.1 Å². The molecule has 1 aromatic heterocycles. The number of ether oxygens (including phenoxy) is 1. The van der Waals surface area contributed by atoms with Gasteiger partial charge in [0.05, 0.1) is 13.5 Å². The van der Waals surface area contributed by atoms with E-state index in [1.54, 1.807) is 19.1 Å². The van der Waals surface area contributed by atoms with Gasteiger partial charge in [-0.25, -0.2) is 0 Å². The fourth-order valence-electron chi connectivity index (χ4n) is 2.74. The number of nitrogens with zero attached hydrogens (tertiary/aromatic N) is 3. The van der Waals surface area contributed by atoms with Crippen LogP contribution in [-0.2, 0) is 17.6 Å². The molecule has 0 aliphatic rings. The molecule has 3 rings (SSSR count). The van der Waals surface area contributed by atoms with Gasteiger partial charge >= 0.3 is 0 Å². The van der Waals surface area contributed by atoms with E-state index in [0.29, 0.717) is 31.1 Å². The molecule has 2 aromatic carbocycles. The Balaban J connectivity index is 1.55. The monoisotopic (exact) mass is 365 g/mol. The highest BCUT2D eigenvalue weighted by Gasteiger charge is 2.13. The molecule has 0 fully saturated rings. The van der Waals surface area contributed by atoms with E-state index in [9.17, 15) is 4.79 Å². The van der Waals surface area contributed by atoms with Gasteiger partial charge in [-0.2, -0.15) is 4.98 Å². The van der Waals surface area contributed by atoms with Crippen molar-refractivity contribution in [3.8, 4) is 17.2 Å². The van der Waals surface area contributed by atoms with Crippen molar-refractivity contribution in [2.24, 2.45) is 0 Å². The Labute approximate surface area is 158 Å². The molecule has 1 heterocycles. The maximum absolute atomic E-state index is 12.4. The van der Waals surface area contributed by atoms with Crippen LogP contribution in [0.2, 0.25) is 0 Å². The fraction of sp³-hybridized carbons (Fsp3) is 0.286. The smallest absolute Gasteiger partial charge is 0.257 e. The number of aryl methyl sites for hydroxylation is 1. The Bertz CT molecular complexity index is 920. The maximum atomic E-state index is 12.4. The van der Waals surface area contributed by atoms with Gasteiger partial charge in [0.1, 0.15) is 5.75 Å². The molecule has 0 aliphatic carbocycles. The summed E-state index contributed by atoms with van der Waals surface area (Å²) in [6, 6.07) is 15.5. The zero-order valence-electron chi connectivity index (χ0n) is 15.8. The molecule has 140 valence electrons. The second-order valence-electron chi connectivity index (χ2n) is 6.48. The number of amides is 1. The number of benzene rings is 2. The number of carbonyl (C=O) groups is 1. The van der Waals surface area contributed by atoms with Crippen molar-refractivity contribution in [1.82, 2.24) is 15.0 Å². The summed E-state index contributed by atoms with van der Waals surface area (Å²) in [5.74, 6) is 1.87. The zero-order chi connectivity index (χ0) is 19.2. The average molecular weight is 365 g/mol. The van der Waals surface area contributed by atoms with E-state index < -0.39 is 0 Å². The van der Waals surface area contributed by atoms with Gasteiger partial charge in [0.25, 0.3) is 5.89 Å². The quantitative estimate of drug-likeness (QED) is 0.643. The largest absolute Gasteiger partial charge is 0.497 e. The first kappa shape index (κ1) is 18.6. The lowest BCUT2D eigenvalue weighted by Gasteiger charge is -2.16. The van der Waals surface area contributed by atoms with Crippen LogP contribution in [0.25, 0.3) is 11.5 Å². The first-order valence-corrected chi connectivity index (χ1v) is 8.81. The number of carbonyl (C=O) groups excluding carboxylic acids is 1. The average Bonchev–Trinajstić information content (AvgIpc) is 3.15. The summed E-state index contributed by atoms with van der Waals surface area (Å²) in [7, 11) is 3.40. The Morgan fingerprint density at radius 3 is 2.78 bits per heavy atom. The van der Waals surface area contributed by atoms with Crippen molar-refractivity contribution in [1.29, 1.82) is 0 Å². The van der Waals surface area contributed by atoms with Crippen molar-refractivity contribution in [3.63, 3.8) is 0 Å². The van der Waals surface area contributed by atoms with Crippen LogP contribution in [0.4, 0.5) is 0 Å². The number of rotatable bonds is 7. The van der Waals surface area contributed by atoms with Gasteiger partial charge in [0.2, 0.25) is 5.91 Å². The molecule has 0 saturated heterocycles. The van der Waals surface area contributed by atoms with E-state index in [-0.39, 0.29) is 5.91 Å². The van der Waals surface area contributed by atoms with E-state index >= 15 is 0 Å². The van der Waals surface area contributed by atoms with E-state index in [1.165, 1.54) is 0 Å². The Hall–Kier alpha value is -3.15. The normalized spacial score (nSPS) is 10.6. The zero-order valence-corrected chi connectivity index (χ0v) is 15.8. The summed E-state index contributed by atoms with van der Waals surface area (Å²) in [5, 5.41) is 4.02. The van der Waals surface area contributed by atoms with Crippen LogP contribution < -0.4 is 4.74 Å². The molecule has 0 saturated carbocycles. The molecule has 0 bridgehead atoms. The Kier molecular flexibility index (Phi) is 5.86. The van der Waals surface area contributed by atoms with E-state index in [1.807, 2.05) is 55.5 Å². The second kappa shape index (κ2) is 8.49. The number of hydrogen-bond acceptors (Lipinski definition) is 5. The van der Waals surface area contributed by atoms with Crippen LogP contribution in [0.15, 0.2) is 53.1 Å². The third-order valence-corrected chi connectivity index (χ3v) is 4.32. The maximum Gasteiger partial charge on any atom is 0.257 e. The summed E-state index contributed by atoms with van der Waals surface area (Å²) in [4.78, 5) is 18.5. The van der Waals surface area contributed by atoms with Crippen LogP contribution in [0.3, 0.4) is 0 Å². The van der Waals surface area contributed by atoms with Crippen molar-refractivity contribution in [2.75, 3.05) is 20.7 Å². The van der Waals surface area contributed by atoms with E-state index in [2.05, 4.69) is 10.1 Å². The van der Waals surface area contributed by atoms with Crippen LogP contribution in [-0.4, -0.2) is 41.6 Å². The summed E-state index contributed by atoms with van der Waals surface area (Å²) >= 11 is 0. The van der Waals surface area contributed by atoms with E-state index in [0.717, 1.165) is 22.4 Å². The van der Waals surface area contributed by atoms with Gasteiger partial charge < -0.3 is 14.2 Å². The molecule has 3 aromatic rings. The lowest BCUT2D eigenvalue weighted by molar-refractivity contribution is -0.129. The number of hydrogen-bond donors (Lipinski definition) is 0. The first-order valence-electron chi connectivity index (χ1n) is 8.81.